The van der Waals surface area contributed by atoms with Crippen LogP contribution in [-0.2, 0) is 4.79 Å². The van der Waals surface area contributed by atoms with E-state index in [1.54, 1.807) is 49.4 Å². The Kier molecular flexibility index (Phi) is 5.93. The molecular formula is C20H17BrN2O4. The van der Waals surface area contributed by atoms with E-state index in [0.29, 0.717) is 17.1 Å². The first-order chi connectivity index (χ1) is 13.0. The van der Waals surface area contributed by atoms with Crippen LogP contribution >= 0.6 is 15.9 Å². The summed E-state index contributed by atoms with van der Waals surface area (Å²) in [5, 5.41) is 5.49. The van der Waals surface area contributed by atoms with Gasteiger partial charge in [-0.25, -0.2) is 0 Å². The van der Waals surface area contributed by atoms with E-state index in [1.165, 1.54) is 6.26 Å². The highest BCUT2D eigenvalue weighted by Crippen LogP contribution is 2.25. The Morgan fingerprint density at radius 2 is 1.63 bits per heavy atom. The molecule has 138 valence electrons. The number of carbonyl (C=O) groups is 2. The van der Waals surface area contributed by atoms with E-state index in [2.05, 4.69) is 26.6 Å². The highest BCUT2D eigenvalue weighted by Gasteiger charge is 2.16. The van der Waals surface area contributed by atoms with Gasteiger partial charge in [0.15, 0.2) is 11.9 Å². The number of halogens is 1. The van der Waals surface area contributed by atoms with Crippen molar-refractivity contribution in [3.63, 3.8) is 0 Å². The molecule has 0 saturated carbocycles. The summed E-state index contributed by atoms with van der Waals surface area (Å²) in [6.07, 6.45) is 0.757. The molecule has 6 nitrogen and oxygen atoms in total. The fourth-order valence-electron chi connectivity index (χ4n) is 2.27. The Morgan fingerprint density at radius 1 is 0.963 bits per heavy atom. The number of rotatable bonds is 6. The third kappa shape index (κ3) is 4.98. The highest BCUT2D eigenvalue weighted by atomic mass is 79.9. The third-order valence-corrected chi connectivity index (χ3v) is 4.32. The maximum absolute atomic E-state index is 12.3. The van der Waals surface area contributed by atoms with Gasteiger partial charge in [0.1, 0.15) is 5.75 Å². The van der Waals surface area contributed by atoms with Crippen molar-refractivity contribution >= 4 is 39.1 Å². The Hall–Kier alpha value is -3.06. The zero-order chi connectivity index (χ0) is 19.2. The molecule has 0 fully saturated rings. The lowest BCUT2D eigenvalue weighted by Gasteiger charge is -2.16. The third-order valence-electron chi connectivity index (χ3n) is 3.66. The maximum Gasteiger partial charge on any atom is 0.291 e. The number of hydrogen-bond donors (Lipinski definition) is 2. The summed E-state index contributed by atoms with van der Waals surface area (Å²) < 4.78 is 11.5. The van der Waals surface area contributed by atoms with Crippen LogP contribution in [0.4, 0.5) is 11.4 Å². The Balaban J connectivity index is 1.56. The average molecular weight is 429 g/mol. The molecule has 2 amide bonds. The molecule has 0 aliphatic rings. The fourth-order valence-corrected chi connectivity index (χ4v) is 2.64. The number of anilines is 2. The Morgan fingerprint density at radius 3 is 2.26 bits per heavy atom. The molecule has 1 unspecified atom stereocenters. The molecule has 1 atom stereocenters. The van der Waals surface area contributed by atoms with Crippen LogP contribution in [0, 0.1) is 0 Å². The summed E-state index contributed by atoms with van der Waals surface area (Å²) in [5.41, 5.74) is 1.19. The van der Waals surface area contributed by atoms with Gasteiger partial charge in [0.25, 0.3) is 11.8 Å². The molecule has 7 heteroatoms. The lowest BCUT2D eigenvalue weighted by atomic mass is 10.2. The predicted molar refractivity (Wildman–Crippen MR) is 106 cm³/mol. The summed E-state index contributed by atoms with van der Waals surface area (Å²) in [7, 11) is 0. The standard InChI is InChI=1S/C20H17BrN2O4/c1-13(27-17-6-3-2-5-16(17)21)19(24)22-14-8-10-15(11-9-14)23-20(25)18-7-4-12-26-18/h2-13H,1H3,(H,22,24)(H,23,25). The molecule has 1 heterocycles. The van der Waals surface area contributed by atoms with Crippen LogP contribution < -0.4 is 15.4 Å². The molecule has 0 aliphatic heterocycles. The van der Waals surface area contributed by atoms with E-state index >= 15 is 0 Å². The molecular weight excluding hydrogens is 412 g/mol. The van der Waals surface area contributed by atoms with E-state index in [1.807, 2.05) is 18.2 Å². The van der Waals surface area contributed by atoms with Gasteiger partial charge in [-0.3, -0.25) is 9.59 Å². The van der Waals surface area contributed by atoms with Crippen molar-refractivity contribution in [2.45, 2.75) is 13.0 Å². The van der Waals surface area contributed by atoms with Gasteiger partial charge in [-0.1, -0.05) is 12.1 Å². The van der Waals surface area contributed by atoms with Crippen molar-refractivity contribution in [3.8, 4) is 5.75 Å². The number of hydrogen-bond acceptors (Lipinski definition) is 4. The van der Waals surface area contributed by atoms with Crippen LogP contribution in [0.3, 0.4) is 0 Å². The second-order valence-corrected chi connectivity index (χ2v) is 6.54. The van der Waals surface area contributed by atoms with Gasteiger partial charge in [0.05, 0.1) is 10.7 Å². The molecule has 0 radical (unpaired) electrons. The minimum absolute atomic E-state index is 0.227. The van der Waals surface area contributed by atoms with Gasteiger partial charge < -0.3 is 19.8 Å². The number of carbonyl (C=O) groups excluding carboxylic acids is 2. The lowest BCUT2D eigenvalue weighted by Crippen LogP contribution is -2.30. The number of benzene rings is 2. The first-order valence-electron chi connectivity index (χ1n) is 8.20. The number of furan rings is 1. The van der Waals surface area contributed by atoms with E-state index in [-0.39, 0.29) is 17.6 Å². The summed E-state index contributed by atoms with van der Waals surface area (Å²) in [5.74, 6) is 0.201. The zero-order valence-corrected chi connectivity index (χ0v) is 16.0. The van der Waals surface area contributed by atoms with Crippen molar-refractivity contribution in [2.24, 2.45) is 0 Å². The number of amides is 2. The van der Waals surface area contributed by atoms with E-state index < -0.39 is 6.10 Å². The molecule has 0 bridgehead atoms. The second kappa shape index (κ2) is 8.55. The molecule has 2 aromatic carbocycles. The minimum Gasteiger partial charge on any atom is -0.480 e. The van der Waals surface area contributed by atoms with Crippen molar-refractivity contribution in [1.29, 1.82) is 0 Å². The number of nitrogens with one attached hydrogen (secondary N) is 2. The molecule has 1 aromatic heterocycles. The molecule has 0 spiro atoms. The highest BCUT2D eigenvalue weighted by molar-refractivity contribution is 9.10. The number of para-hydroxylation sites is 1. The van der Waals surface area contributed by atoms with Crippen molar-refractivity contribution < 1.29 is 18.7 Å². The van der Waals surface area contributed by atoms with Gasteiger partial charge in [-0.2, -0.15) is 0 Å². The monoisotopic (exact) mass is 428 g/mol. The summed E-state index contributed by atoms with van der Waals surface area (Å²) in [4.78, 5) is 24.2. The van der Waals surface area contributed by atoms with Gasteiger partial charge in [0.2, 0.25) is 0 Å². The largest absolute Gasteiger partial charge is 0.480 e. The van der Waals surface area contributed by atoms with E-state index in [0.717, 1.165) is 4.47 Å². The van der Waals surface area contributed by atoms with Crippen LogP contribution in [0.25, 0.3) is 0 Å². The van der Waals surface area contributed by atoms with Crippen LogP contribution in [-0.4, -0.2) is 17.9 Å². The Labute approximate surface area is 164 Å². The van der Waals surface area contributed by atoms with Gasteiger partial charge in [-0.05, 0) is 71.4 Å². The van der Waals surface area contributed by atoms with Crippen molar-refractivity contribution in [3.05, 3.63) is 77.2 Å². The van der Waals surface area contributed by atoms with Gasteiger partial charge in [0, 0.05) is 11.4 Å². The van der Waals surface area contributed by atoms with Crippen molar-refractivity contribution in [1.82, 2.24) is 0 Å². The SMILES string of the molecule is CC(Oc1ccccc1Br)C(=O)Nc1ccc(NC(=O)c2ccco2)cc1. The molecule has 2 N–H and O–H groups in total. The van der Waals surface area contributed by atoms with Crippen molar-refractivity contribution in [2.75, 3.05) is 10.6 Å². The quantitative estimate of drug-likeness (QED) is 0.595. The maximum atomic E-state index is 12.3. The van der Waals surface area contributed by atoms with Gasteiger partial charge >= 0.3 is 0 Å². The summed E-state index contributed by atoms with van der Waals surface area (Å²) in [6, 6.07) is 17.3. The van der Waals surface area contributed by atoms with Crippen LogP contribution in [0.2, 0.25) is 0 Å². The normalized spacial score (nSPS) is 11.5. The smallest absolute Gasteiger partial charge is 0.291 e. The van der Waals surface area contributed by atoms with Crippen LogP contribution in [0.5, 0.6) is 5.75 Å². The molecule has 3 rings (SSSR count). The lowest BCUT2D eigenvalue weighted by molar-refractivity contribution is -0.122. The number of ether oxygens (including phenoxy) is 1. The molecule has 0 saturated heterocycles. The summed E-state index contributed by atoms with van der Waals surface area (Å²) >= 11 is 3.38. The van der Waals surface area contributed by atoms with Gasteiger partial charge in [-0.15, -0.1) is 0 Å². The first-order valence-corrected chi connectivity index (χ1v) is 8.99. The second-order valence-electron chi connectivity index (χ2n) is 5.69. The predicted octanol–water partition coefficient (Wildman–Crippen LogP) is 4.70. The van der Waals surface area contributed by atoms with E-state index in [4.69, 9.17) is 9.15 Å². The zero-order valence-electron chi connectivity index (χ0n) is 14.4. The first kappa shape index (κ1) is 18.7. The van der Waals surface area contributed by atoms with Crippen LogP contribution in [0.1, 0.15) is 17.5 Å². The molecule has 0 aliphatic carbocycles. The average Bonchev–Trinajstić information content (AvgIpc) is 3.20. The Bertz CT molecular complexity index is 923. The fraction of sp³-hybridized carbons (Fsp3) is 0.100. The van der Waals surface area contributed by atoms with Crippen LogP contribution in [0.15, 0.2) is 75.8 Å². The minimum atomic E-state index is -0.679. The molecule has 3 aromatic rings. The topological polar surface area (TPSA) is 80.6 Å². The summed E-state index contributed by atoms with van der Waals surface area (Å²) in [6.45, 7) is 1.67. The van der Waals surface area contributed by atoms with E-state index in [9.17, 15) is 9.59 Å². The molecule has 27 heavy (non-hydrogen) atoms.